The molecular weight excluding hydrogens is 257 g/mol. The normalized spacial score (nSPS) is 14.5. The number of carboxylic acids is 1. The summed E-state index contributed by atoms with van der Waals surface area (Å²) in [4.78, 5) is 20.1. The fourth-order valence-corrected chi connectivity index (χ4v) is 2.29. The van der Waals surface area contributed by atoms with E-state index in [4.69, 9.17) is 9.90 Å². The van der Waals surface area contributed by atoms with Gasteiger partial charge in [-0.25, -0.2) is 13.1 Å². The molecule has 2 rings (SSSR count). The molecule has 88 valence electrons. The fraction of sp³-hybridized carbons (Fsp3) is 0.111. The number of hydrogen-bond donors (Lipinski definition) is 2. The van der Waals surface area contributed by atoms with Crippen molar-refractivity contribution >= 4 is 51.5 Å². The van der Waals surface area contributed by atoms with Gasteiger partial charge in [0.25, 0.3) is 21.9 Å². The molecule has 0 saturated carbocycles. The van der Waals surface area contributed by atoms with E-state index >= 15 is 0 Å². The summed E-state index contributed by atoms with van der Waals surface area (Å²) >= 11 is 0. The molecule has 6 nitrogen and oxygen atoms in total. The summed E-state index contributed by atoms with van der Waals surface area (Å²) < 4.78 is 24.2. The van der Waals surface area contributed by atoms with Crippen molar-refractivity contribution in [1.82, 2.24) is 4.72 Å². The van der Waals surface area contributed by atoms with Gasteiger partial charge >= 0.3 is 29.6 Å². The van der Waals surface area contributed by atoms with E-state index in [2.05, 4.69) is 0 Å². The van der Waals surface area contributed by atoms with Crippen molar-refractivity contribution in [3.63, 3.8) is 0 Å². The van der Waals surface area contributed by atoms with Gasteiger partial charge in [-0.15, -0.1) is 0 Å². The van der Waals surface area contributed by atoms with E-state index in [0.29, 0.717) is 0 Å². The van der Waals surface area contributed by atoms with Crippen LogP contribution in [0.4, 0.5) is 0 Å². The van der Waals surface area contributed by atoms with Crippen LogP contribution in [0, 0.1) is 0 Å². The van der Waals surface area contributed by atoms with Crippen LogP contribution < -0.4 is 4.72 Å². The Hall–Kier alpha value is -0.890. The van der Waals surface area contributed by atoms with Crippen LogP contribution in [0.5, 0.6) is 0 Å². The molecule has 0 atom stereocenters. The van der Waals surface area contributed by atoms with Crippen molar-refractivity contribution in [2.24, 2.45) is 0 Å². The van der Waals surface area contributed by atoms with Crippen LogP contribution in [0.2, 0.25) is 0 Å². The summed E-state index contributed by atoms with van der Waals surface area (Å²) in [6.45, 7) is 1.08. The van der Waals surface area contributed by atoms with Crippen molar-refractivity contribution in [2.75, 3.05) is 0 Å². The van der Waals surface area contributed by atoms with Gasteiger partial charge in [-0.1, -0.05) is 12.1 Å². The van der Waals surface area contributed by atoms with Gasteiger partial charge in [-0.2, -0.15) is 0 Å². The molecule has 0 saturated heterocycles. The average molecular weight is 267 g/mol. The van der Waals surface area contributed by atoms with Crippen LogP contribution in [0.1, 0.15) is 17.3 Å². The van der Waals surface area contributed by atoms with Crippen molar-refractivity contribution in [3.8, 4) is 0 Å². The summed E-state index contributed by atoms with van der Waals surface area (Å²) in [5.74, 6) is -1.38. The standard InChI is InChI=1S/C7H5NO3S.C2H4O2.Na.H/c9-7-5-3-1-2-4-6(5)12(10,11)8-7;1-2(3)4;;/h1-4H,(H,8,9);1H3,(H,3,4);;. The number of benzene rings is 1. The summed E-state index contributed by atoms with van der Waals surface area (Å²) in [5.41, 5.74) is 0.220. The van der Waals surface area contributed by atoms with Gasteiger partial charge in [-0.05, 0) is 12.1 Å². The molecule has 0 bridgehead atoms. The Morgan fingerprint density at radius 1 is 1.29 bits per heavy atom. The van der Waals surface area contributed by atoms with Crippen molar-refractivity contribution in [3.05, 3.63) is 29.8 Å². The zero-order chi connectivity index (χ0) is 12.3. The van der Waals surface area contributed by atoms with E-state index in [1.54, 1.807) is 12.1 Å². The maximum absolute atomic E-state index is 11.1. The van der Waals surface area contributed by atoms with E-state index in [-0.39, 0.29) is 40.0 Å². The maximum atomic E-state index is 11.1. The number of fused-ring (bicyclic) bond motifs is 1. The topological polar surface area (TPSA) is 101 Å². The molecule has 1 aromatic carbocycles. The second-order valence-corrected chi connectivity index (χ2v) is 4.60. The van der Waals surface area contributed by atoms with Gasteiger partial charge in [0, 0.05) is 6.92 Å². The minimum absolute atomic E-state index is 0. The summed E-state index contributed by atoms with van der Waals surface area (Å²) in [6.07, 6.45) is 0. The van der Waals surface area contributed by atoms with E-state index in [1.165, 1.54) is 12.1 Å². The van der Waals surface area contributed by atoms with E-state index in [0.717, 1.165) is 6.92 Å². The molecule has 1 heterocycles. The number of hydrogen-bond acceptors (Lipinski definition) is 4. The SMILES string of the molecule is CC(=O)O.O=C1NS(=O)(=O)c2ccccc21.[NaH]. The molecule has 0 spiro atoms. The first-order valence-corrected chi connectivity index (χ1v) is 5.68. The molecule has 1 aliphatic heterocycles. The molecule has 0 fully saturated rings. The average Bonchev–Trinajstić information content (AvgIpc) is 2.38. The molecule has 1 aromatic rings. The van der Waals surface area contributed by atoms with E-state index < -0.39 is 21.9 Å². The number of nitrogens with one attached hydrogen (secondary N) is 1. The molecule has 0 aliphatic carbocycles. The van der Waals surface area contributed by atoms with Gasteiger partial charge in [-0.3, -0.25) is 9.59 Å². The number of carbonyl (C=O) groups is 2. The number of aliphatic carboxylic acids is 1. The van der Waals surface area contributed by atoms with Crippen molar-refractivity contribution in [2.45, 2.75) is 11.8 Å². The fourth-order valence-electron chi connectivity index (χ4n) is 1.12. The zero-order valence-corrected chi connectivity index (χ0v) is 9.11. The number of sulfonamides is 1. The van der Waals surface area contributed by atoms with Gasteiger partial charge < -0.3 is 5.11 Å². The van der Waals surface area contributed by atoms with Gasteiger partial charge in [0.15, 0.2) is 0 Å². The molecule has 1 amide bonds. The zero-order valence-electron chi connectivity index (χ0n) is 8.30. The number of rotatable bonds is 0. The van der Waals surface area contributed by atoms with Crippen molar-refractivity contribution < 1.29 is 23.1 Å². The van der Waals surface area contributed by atoms with Crippen LogP contribution in [-0.4, -0.2) is 55.0 Å². The van der Waals surface area contributed by atoms with Gasteiger partial charge in [0.1, 0.15) is 4.90 Å². The summed E-state index contributed by atoms with van der Waals surface area (Å²) in [7, 11) is -3.55. The van der Waals surface area contributed by atoms with Crippen molar-refractivity contribution in [1.29, 1.82) is 0 Å². The first-order valence-electron chi connectivity index (χ1n) is 4.20. The minimum atomic E-state index is -3.55. The molecular formula is C9H10NNaO5S. The second kappa shape index (κ2) is 6.15. The first-order chi connectivity index (χ1) is 7.34. The number of carbonyl (C=O) groups excluding carboxylic acids is 1. The Morgan fingerprint density at radius 2 is 1.76 bits per heavy atom. The third kappa shape index (κ3) is 4.12. The molecule has 0 aromatic heterocycles. The molecule has 2 N–H and O–H groups in total. The van der Waals surface area contributed by atoms with E-state index in [1.807, 2.05) is 4.72 Å². The Balaban J connectivity index is 0.000000453. The predicted molar refractivity (Wildman–Crippen MR) is 61.6 cm³/mol. The monoisotopic (exact) mass is 267 g/mol. The van der Waals surface area contributed by atoms with Crippen LogP contribution in [0.3, 0.4) is 0 Å². The third-order valence-corrected chi connectivity index (χ3v) is 3.04. The molecule has 0 unspecified atom stereocenters. The Kier molecular flexibility index (Phi) is 5.83. The molecule has 8 heteroatoms. The van der Waals surface area contributed by atoms with Crippen LogP contribution in [0.15, 0.2) is 29.2 Å². The number of amides is 1. The van der Waals surface area contributed by atoms with E-state index in [9.17, 15) is 13.2 Å². The summed E-state index contributed by atoms with van der Waals surface area (Å²) in [5, 5.41) is 7.42. The Bertz CT molecular complexity index is 536. The van der Waals surface area contributed by atoms with Gasteiger partial charge in [0.2, 0.25) is 0 Å². The quantitative estimate of drug-likeness (QED) is 0.621. The predicted octanol–water partition coefficient (Wildman–Crippen LogP) is -0.439. The molecule has 1 aliphatic rings. The Labute approximate surface area is 120 Å². The summed E-state index contributed by atoms with van der Waals surface area (Å²) in [6, 6.07) is 6.09. The molecule has 0 radical (unpaired) electrons. The van der Waals surface area contributed by atoms with Crippen LogP contribution in [0.25, 0.3) is 0 Å². The third-order valence-electron chi connectivity index (χ3n) is 1.65. The van der Waals surface area contributed by atoms with Gasteiger partial charge in [0.05, 0.1) is 5.56 Å². The first kappa shape index (κ1) is 16.1. The second-order valence-electron chi connectivity index (χ2n) is 2.95. The van der Waals surface area contributed by atoms with Crippen LogP contribution in [-0.2, 0) is 14.8 Å². The molecule has 17 heavy (non-hydrogen) atoms. The Morgan fingerprint density at radius 3 is 2.24 bits per heavy atom. The number of carboxylic acid groups (broad SMARTS) is 1. The van der Waals surface area contributed by atoms with Crippen LogP contribution >= 0.6 is 0 Å².